The minimum absolute atomic E-state index is 0.300. The summed E-state index contributed by atoms with van der Waals surface area (Å²) in [5.74, 6) is 2.10. The predicted octanol–water partition coefficient (Wildman–Crippen LogP) is 1.75. The van der Waals surface area contributed by atoms with Gasteiger partial charge in [-0.25, -0.2) is 9.67 Å². The average molecular weight is 281 g/mol. The highest BCUT2D eigenvalue weighted by Gasteiger charge is 2.27. The van der Waals surface area contributed by atoms with E-state index in [0.717, 1.165) is 24.5 Å². The maximum Gasteiger partial charge on any atom is 0.308 e. The molecule has 0 radical (unpaired) electrons. The first-order valence-corrected chi connectivity index (χ1v) is 8.04. The van der Waals surface area contributed by atoms with Gasteiger partial charge in [0.25, 0.3) is 0 Å². The van der Waals surface area contributed by atoms with Crippen LogP contribution in [-0.2, 0) is 24.2 Å². The number of fused-ring (bicyclic) bond motifs is 1. The van der Waals surface area contributed by atoms with E-state index in [-0.39, 0.29) is 5.92 Å². The molecular formula is C13H19N3O2S. The summed E-state index contributed by atoms with van der Waals surface area (Å²) < 4.78 is 1.81. The number of hydrogen-bond acceptors (Lipinski definition) is 4. The monoisotopic (exact) mass is 281 g/mol. The number of rotatable bonds is 3. The summed E-state index contributed by atoms with van der Waals surface area (Å²) in [6.45, 7) is 0.482. The molecule has 5 nitrogen and oxygen atoms in total. The van der Waals surface area contributed by atoms with Gasteiger partial charge in [-0.05, 0) is 25.0 Å². The van der Waals surface area contributed by atoms with E-state index in [1.54, 1.807) is 0 Å². The molecule has 0 aliphatic carbocycles. The van der Waals surface area contributed by atoms with Gasteiger partial charge in [0.05, 0.1) is 12.5 Å². The Balaban J connectivity index is 1.67. The fourth-order valence-electron chi connectivity index (χ4n) is 2.82. The van der Waals surface area contributed by atoms with Crippen molar-refractivity contribution in [3.05, 3.63) is 11.6 Å². The molecule has 0 spiro atoms. The Morgan fingerprint density at radius 1 is 1.42 bits per heavy atom. The molecule has 0 saturated carbocycles. The SMILES string of the molecule is O=C(O)C1CCc2nc(CC3CCCCS3)nn2C1. The molecule has 1 saturated heterocycles. The number of aliphatic carboxylic acids is 1. The van der Waals surface area contributed by atoms with Gasteiger partial charge in [0, 0.05) is 18.1 Å². The molecule has 3 heterocycles. The first-order chi connectivity index (χ1) is 9.22. The van der Waals surface area contributed by atoms with Gasteiger partial charge in [-0.2, -0.15) is 16.9 Å². The predicted molar refractivity (Wildman–Crippen MR) is 73.3 cm³/mol. The van der Waals surface area contributed by atoms with Crippen molar-refractivity contribution in [1.82, 2.24) is 14.8 Å². The number of nitrogens with zero attached hydrogens (tertiary/aromatic N) is 3. The molecule has 1 aromatic heterocycles. The van der Waals surface area contributed by atoms with E-state index in [2.05, 4.69) is 10.1 Å². The minimum Gasteiger partial charge on any atom is -0.481 e. The summed E-state index contributed by atoms with van der Waals surface area (Å²) in [6.07, 6.45) is 6.25. The van der Waals surface area contributed by atoms with Gasteiger partial charge >= 0.3 is 5.97 Å². The van der Waals surface area contributed by atoms with Crippen molar-refractivity contribution < 1.29 is 9.90 Å². The topological polar surface area (TPSA) is 68.0 Å². The van der Waals surface area contributed by atoms with Crippen LogP contribution in [0.4, 0.5) is 0 Å². The molecule has 2 aliphatic rings. The lowest BCUT2D eigenvalue weighted by Crippen LogP contribution is -2.27. The van der Waals surface area contributed by atoms with E-state index in [0.29, 0.717) is 18.2 Å². The Labute approximate surface area is 116 Å². The third-order valence-corrected chi connectivity index (χ3v) is 5.33. The fraction of sp³-hybridized carbons (Fsp3) is 0.769. The molecule has 6 heteroatoms. The molecule has 0 bridgehead atoms. The van der Waals surface area contributed by atoms with Crippen LogP contribution >= 0.6 is 11.8 Å². The van der Waals surface area contributed by atoms with Crippen molar-refractivity contribution >= 4 is 17.7 Å². The maximum atomic E-state index is 11.0. The highest BCUT2D eigenvalue weighted by Crippen LogP contribution is 2.27. The van der Waals surface area contributed by atoms with E-state index >= 15 is 0 Å². The van der Waals surface area contributed by atoms with Crippen molar-refractivity contribution in [2.24, 2.45) is 5.92 Å². The molecule has 1 aromatic rings. The summed E-state index contributed by atoms with van der Waals surface area (Å²) in [7, 11) is 0. The number of carbonyl (C=O) groups is 1. The minimum atomic E-state index is -0.717. The van der Waals surface area contributed by atoms with Gasteiger partial charge in [-0.3, -0.25) is 4.79 Å². The van der Waals surface area contributed by atoms with Gasteiger partial charge in [-0.1, -0.05) is 6.42 Å². The lowest BCUT2D eigenvalue weighted by Gasteiger charge is -2.19. The van der Waals surface area contributed by atoms with Crippen LogP contribution in [0.25, 0.3) is 0 Å². The first-order valence-electron chi connectivity index (χ1n) is 6.99. The number of thioether (sulfide) groups is 1. The summed E-state index contributed by atoms with van der Waals surface area (Å²) in [6, 6.07) is 0. The Morgan fingerprint density at radius 3 is 3.05 bits per heavy atom. The average Bonchev–Trinajstić information content (AvgIpc) is 2.80. The second-order valence-electron chi connectivity index (χ2n) is 5.39. The second kappa shape index (κ2) is 5.53. The number of hydrogen-bond donors (Lipinski definition) is 1. The number of aryl methyl sites for hydroxylation is 1. The van der Waals surface area contributed by atoms with Crippen molar-refractivity contribution in [3.63, 3.8) is 0 Å². The summed E-state index contributed by atoms with van der Waals surface area (Å²) in [5, 5.41) is 14.2. The van der Waals surface area contributed by atoms with Gasteiger partial charge < -0.3 is 5.11 Å². The molecule has 104 valence electrons. The molecular weight excluding hydrogens is 262 g/mol. The van der Waals surface area contributed by atoms with Crippen LogP contribution in [0.1, 0.15) is 37.3 Å². The van der Waals surface area contributed by atoms with E-state index in [4.69, 9.17) is 5.11 Å². The van der Waals surface area contributed by atoms with E-state index in [1.807, 2.05) is 16.4 Å². The van der Waals surface area contributed by atoms with E-state index < -0.39 is 5.97 Å². The lowest BCUT2D eigenvalue weighted by atomic mass is 10.0. The zero-order valence-electron chi connectivity index (χ0n) is 10.9. The van der Waals surface area contributed by atoms with Gasteiger partial charge in [0.15, 0.2) is 5.82 Å². The van der Waals surface area contributed by atoms with Gasteiger partial charge in [-0.15, -0.1) is 0 Å². The van der Waals surface area contributed by atoms with Crippen molar-refractivity contribution in [2.75, 3.05) is 5.75 Å². The summed E-state index contributed by atoms with van der Waals surface area (Å²) >= 11 is 2.03. The molecule has 2 unspecified atom stereocenters. The second-order valence-corrected chi connectivity index (χ2v) is 6.80. The van der Waals surface area contributed by atoms with Crippen LogP contribution in [0.15, 0.2) is 0 Å². The Morgan fingerprint density at radius 2 is 2.32 bits per heavy atom. The standard InChI is InChI=1S/C13H19N3O2S/c17-13(18)9-4-5-12-14-11(15-16(12)8-9)7-10-3-1-2-6-19-10/h9-10H,1-8H2,(H,17,18). The third kappa shape index (κ3) is 2.94. The Kier molecular flexibility index (Phi) is 3.77. The maximum absolute atomic E-state index is 11.0. The van der Waals surface area contributed by atoms with Crippen LogP contribution < -0.4 is 0 Å². The smallest absolute Gasteiger partial charge is 0.308 e. The molecule has 2 atom stereocenters. The lowest BCUT2D eigenvalue weighted by molar-refractivity contribution is -0.142. The molecule has 0 amide bonds. The van der Waals surface area contributed by atoms with Gasteiger partial charge in [0.1, 0.15) is 5.82 Å². The zero-order chi connectivity index (χ0) is 13.2. The summed E-state index contributed by atoms with van der Waals surface area (Å²) in [5.41, 5.74) is 0. The fourth-order valence-corrected chi connectivity index (χ4v) is 4.13. The highest BCUT2D eigenvalue weighted by atomic mass is 32.2. The van der Waals surface area contributed by atoms with Crippen LogP contribution in [0, 0.1) is 5.92 Å². The van der Waals surface area contributed by atoms with E-state index in [1.165, 1.54) is 25.0 Å². The molecule has 3 rings (SSSR count). The van der Waals surface area contributed by atoms with Crippen LogP contribution in [0.3, 0.4) is 0 Å². The van der Waals surface area contributed by atoms with Crippen LogP contribution in [0.2, 0.25) is 0 Å². The number of carboxylic acid groups (broad SMARTS) is 1. The zero-order valence-corrected chi connectivity index (χ0v) is 11.7. The molecule has 1 N–H and O–H groups in total. The molecule has 1 fully saturated rings. The Bertz CT molecular complexity index is 468. The van der Waals surface area contributed by atoms with Crippen molar-refractivity contribution in [2.45, 2.75) is 50.3 Å². The largest absolute Gasteiger partial charge is 0.481 e. The number of aromatic nitrogens is 3. The van der Waals surface area contributed by atoms with Crippen LogP contribution in [0.5, 0.6) is 0 Å². The van der Waals surface area contributed by atoms with Crippen molar-refractivity contribution in [1.29, 1.82) is 0 Å². The first kappa shape index (κ1) is 13.0. The van der Waals surface area contributed by atoms with Gasteiger partial charge in [0.2, 0.25) is 0 Å². The summed E-state index contributed by atoms with van der Waals surface area (Å²) in [4.78, 5) is 15.6. The quantitative estimate of drug-likeness (QED) is 0.914. The number of carboxylic acids is 1. The Hall–Kier alpha value is -1.04. The normalized spacial score (nSPS) is 26.9. The molecule has 2 aliphatic heterocycles. The highest BCUT2D eigenvalue weighted by molar-refractivity contribution is 7.99. The third-order valence-electron chi connectivity index (χ3n) is 3.94. The molecule has 0 aromatic carbocycles. The van der Waals surface area contributed by atoms with Crippen LogP contribution in [-0.4, -0.2) is 36.8 Å². The molecule has 19 heavy (non-hydrogen) atoms. The van der Waals surface area contributed by atoms with E-state index in [9.17, 15) is 4.79 Å². The van der Waals surface area contributed by atoms with Crippen molar-refractivity contribution in [3.8, 4) is 0 Å².